The molecule has 7 heteroatoms. The van der Waals surface area contributed by atoms with Crippen molar-refractivity contribution in [3.63, 3.8) is 0 Å². The SMILES string of the molecule is O=C1OCC2=C1C(c1ccc(OCc3ccc(Cl)cc3)cc1)CC(=O)N2c1ccc(F)cc1. The number of amides is 1. The van der Waals surface area contributed by atoms with Crippen LogP contribution in [0.25, 0.3) is 0 Å². The lowest BCUT2D eigenvalue weighted by Gasteiger charge is -2.31. The second-order valence-corrected chi connectivity index (χ2v) is 8.32. The highest BCUT2D eigenvalue weighted by molar-refractivity contribution is 6.30. The lowest BCUT2D eigenvalue weighted by Crippen LogP contribution is -2.37. The minimum atomic E-state index is -0.433. The van der Waals surface area contributed by atoms with E-state index in [1.807, 2.05) is 48.5 Å². The molecule has 1 unspecified atom stereocenters. The first kappa shape index (κ1) is 21.2. The average Bonchev–Trinajstić information content (AvgIpc) is 3.21. The van der Waals surface area contributed by atoms with E-state index in [1.54, 1.807) is 0 Å². The van der Waals surface area contributed by atoms with Gasteiger partial charge in [-0.2, -0.15) is 0 Å². The van der Waals surface area contributed by atoms with Crippen LogP contribution >= 0.6 is 11.6 Å². The Morgan fingerprint density at radius 1 is 0.970 bits per heavy atom. The molecule has 0 radical (unpaired) electrons. The minimum Gasteiger partial charge on any atom is -0.489 e. The number of carbonyl (C=O) groups is 2. The van der Waals surface area contributed by atoms with E-state index in [0.29, 0.717) is 34.3 Å². The van der Waals surface area contributed by atoms with Crippen molar-refractivity contribution in [1.82, 2.24) is 0 Å². The van der Waals surface area contributed by atoms with Crippen molar-refractivity contribution >= 4 is 29.2 Å². The molecule has 0 saturated carbocycles. The summed E-state index contributed by atoms with van der Waals surface area (Å²) >= 11 is 5.91. The number of cyclic esters (lactones) is 1. The quantitative estimate of drug-likeness (QED) is 0.476. The molecular formula is C26H19ClFNO4. The molecule has 2 aliphatic rings. The van der Waals surface area contributed by atoms with Gasteiger partial charge in [0.15, 0.2) is 0 Å². The van der Waals surface area contributed by atoms with Crippen molar-refractivity contribution in [3.8, 4) is 5.75 Å². The Morgan fingerprint density at radius 3 is 2.36 bits per heavy atom. The lowest BCUT2D eigenvalue weighted by molar-refractivity contribution is -0.136. The molecule has 0 N–H and O–H groups in total. The number of benzene rings is 3. The largest absolute Gasteiger partial charge is 0.489 e. The number of ether oxygens (including phenoxy) is 2. The van der Waals surface area contributed by atoms with Gasteiger partial charge in [0.25, 0.3) is 0 Å². The molecule has 0 fully saturated rings. The number of rotatable bonds is 5. The third-order valence-electron chi connectivity index (χ3n) is 5.80. The maximum Gasteiger partial charge on any atom is 0.336 e. The molecule has 0 bridgehead atoms. The van der Waals surface area contributed by atoms with Crippen LogP contribution in [0.5, 0.6) is 5.75 Å². The number of carbonyl (C=O) groups excluding carboxylic acids is 2. The van der Waals surface area contributed by atoms with Gasteiger partial charge in [-0.05, 0) is 59.7 Å². The van der Waals surface area contributed by atoms with E-state index in [2.05, 4.69) is 0 Å². The number of nitrogens with zero attached hydrogens (tertiary/aromatic N) is 1. The molecule has 0 saturated heterocycles. The molecule has 2 heterocycles. The fourth-order valence-corrected chi connectivity index (χ4v) is 4.30. The van der Waals surface area contributed by atoms with Crippen molar-refractivity contribution in [3.05, 3.63) is 106 Å². The zero-order chi connectivity index (χ0) is 22.9. The van der Waals surface area contributed by atoms with Gasteiger partial charge < -0.3 is 9.47 Å². The van der Waals surface area contributed by atoms with Gasteiger partial charge in [0, 0.05) is 23.0 Å². The minimum absolute atomic E-state index is 0.00999. The van der Waals surface area contributed by atoms with Gasteiger partial charge in [0.05, 0.1) is 11.3 Å². The van der Waals surface area contributed by atoms with Gasteiger partial charge in [0.2, 0.25) is 5.91 Å². The normalized spacial score (nSPS) is 17.8. The summed E-state index contributed by atoms with van der Waals surface area (Å²) in [6, 6.07) is 20.4. The molecule has 166 valence electrons. The highest BCUT2D eigenvalue weighted by Crippen LogP contribution is 2.42. The van der Waals surface area contributed by atoms with Gasteiger partial charge in [-0.1, -0.05) is 35.9 Å². The smallest absolute Gasteiger partial charge is 0.336 e. The Hall–Kier alpha value is -3.64. The summed E-state index contributed by atoms with van der Waals surface area (Å²) in [5, 5.41) is 0.669. The number of hydrogen-bond donors (Lipinski definition) is 0. The fourth-order valence-electron chi connectivity index (χ4n) is 4.17. The van der Waals surface area contributed by atoms with Gasteiger partial charge >= 0.3 is 5.97 Å². The van der Waals surface area contributed by atoms with Crippen LogP contribution in [0.1, 0.15) is 23.5 Å². The number of halogens is 2. The highest BCUT2D eigenvalue weighted by Gasteiger charge is 2.42. The van der Waals surface area contributed by atoms with Crippen molar-refractivity contribution in [2.75, 3.05) is 11.5 Å². The highest BCUT2D eigenvalue weighted by atomic mass is 35.5. The molecule has 0 spiro atoms. The second-order valence-electron chi connectivity index (χ2n) is 7.88. The third-order valence-corrected chi connectivity index (χ3v) is 6.06. The second kappa shape index (κ2) is 8.71. The Bertz CT molecular complexity index is 1240. The van der Waals surface area contributed by atoms with E-state index >= 15 is 0 Å². The van der Waals surface area contributed by atoms with Crippen LogP contribution in [0.2, 0.25) is 5.02 Å². The standard InChI is InChI=1S/C26H19ClFNO4/c27-18-5-1-16(2-6-18)14-32-21-11-3-17(4-12-21)22-13-24(30)29(20-9-7-19(28)8-10-20)23-15-33-26(31)25(22)23/h1-12,22H,13-15H2. The number of esters is 1. The van der Waals surface area contributed by atoms with Crippen LogP contribution in [-0.4, -0.2) is 18.5 Å². The van der Waals surface area contributed by atoms with Gasteiger partial charge in [-0.15, -0.1) is 0 Å². The summed E-state index contributed by atoms with van der Waals surface area (Å²) in [5.41, 5.74) is 3.30. The molecule has 5 rings (SSSR count). The predicted octanol–water partition coefficient (Wildman–Crippen LogP) is 5.39. The first-order valence-electron chi connectivity index (χ1n) is 10.5. The average molecular weight is 464 g/mol. The number of anilines is 1. The molecule has 5 nitrogen and oxygen atoms in total. The zero-order valence-electron chi connectivity index (χ0n) is 17.5. The first-order chi connectivity index (χ1) is 16.0. The Kier molecular flexibility index (Phi) is 5.60. The maximum absolute atomic E-state index is 13.4. The summed E-state index contributed by atoms with van der Waals surface area (Å²) in [6.07, 6.45) is 0.107. The van der Waals surface area contributed by atoms with Crippen LogP contribution in [0, 0.1) is 5.82 Å². The number of hydrogen-bond acceptors (Lipinski definition) is 4. The molecule has 3 aromatic carbocycles. The van der Waals surface area contributed by atoms with Crippen LogP contribution in [-0.2, 0) is 20.9 Å². The van der Waals surface area contributed by atoms with Gasteiger partial charge in [0.1, 0.15) is 24.8 Å². The third kappa shape index (κ3) is 4.22. The zero-order valence-corrected chi connectivity index (χ0v) is 18.2. The Labute approximate surface area is 195 Å². The van der Waals surface area contributed by atoms with Crippen LogP contribution in [0.3, 0.4) is 0 Å². The fraction of sp³-hybridized carbons (Fsp3) is 0.154. The van der Waals surface area contributed by atoms with Crippen molar-refractivity contribution in [1.29, 1.82) is 0 Å². The molecular weight excluding hydrogens is 445 g/mol. The summed E-state index contributed by atoms with van der Waals surface area (Å²) in [7, 11) is 0. The van der Waals surface area contributed by atoms with Gasteiger partial charge in [-0.25, -0.2) is 9.18 Å². The lowest BCUT2D eigenvalue weighted by atomic mass is 9.84. The Balaban J connectivity index is 1.38. The van der Waals surface area contributed by atoms with E-state index in [4.69, 9.17) is 21.1 Å². The molecule has 1 amide bonds. The summed E-state index contributed by atoms with van der Waals surface area (Å²) < 4.78 is 24.5. The van der Waals surface area contributed by atoms with Gasteiger partial charge in [-0.3, -0.25) is 9.69 Å². The van der Waals surface area contributed by atoms with E-state index in [1.165, 1.54) is 29.2 Å². The topological polar surface area (TPSA) is 55.8 Å². The van der Waals surface area contributed by atoms with Crippen molar-refractivity contribution in [2.24, 2.45) is 0 Å². The molecule has 0 aromatic heterocycles. The molecule has 2 aliphatic heterocycles. The first-order valence-corrected chi connectivity index (χ1v) is 10.8. The summed E-state index contributed by atoms with van der Waals surface area (Å²) in [5.74, 6) is -0.742. The van der Waals surface area contributed by atoms with E-state index in [0.717, 1.165) is 11.1 Å². The van der Waals surface area contributed by atoms with Crippen molar-refractivity contribution in [2.45, 2.75) is 18.9 Å². The molecule has 33 heavy (non-hydrogen) atoms. The van der Waals surface area contributed by atoms with E-state index < -0.39 is 17.7 Å². The van der Waals surface area contributed by atoms with Crippen LogP contribution < -0.4 is 9.64 Å². The van der Waals surface area contributed by atoms with E-state index in [-0.39, 0.29) is 18.9 Å². The van der Waals surface area contributed by atoms with Crippen molar-refractivity contribution < 1.29 is 23.5 Å². The predicted molar refractivity (Wildman–Crippen MR) is 121 cm³/mol. The summed E-state index contributed by atoms with van der Waals surface area (Å²) in [6.45, 7) is 0.406. The summed E-state index contributed by atoms with van der Waals surface area (Å²) in [4.78, 5) is 27.1. The molecule has 3 aromatic rings. The Morgan fingerprint density at radius 2 is 1.67 bits per heavy atom. The van der Waals surface area contributed by atoms with Crippen LogP contribution in [0.15, 0.2) is 84.1 Å². The monoisotopic (exact) mass is 463 g/mol. The maximum atomic E-state index is 13.4. The molecule has 1 atom stereocenters. The molecule has 0 aliphatic carbocycles. The van der Waals surface area contributed by atoms with E-state index in [9.17, 15) is 14.0 Å². The van der Waals surface area contributed by atoms with Crippen LogP contribution in [0.4, 0.5) is 10.1 Å².